The zero-order valence-corrected chi connectivity index (χ0v) is 12.2. The topological polar surface area (TPSA) is 12.0 Å². The molecule has 0 aliphatic rings. The van der Waals surface area contributed by atoms with Crippen molar-refractivity contribution in [1.82, 2.24) is 0 Å². The molecular formula is C17H25N. The molecule has 0 saturated carbocycles. The Hall–Kier alpha value is -1.50. The van der Waals surface area contributed by atoms with Crippen LogP contribution in [-0.4, -0.2) is 0 Å². The van der Waals surface area contributed by atoms with Gasteiger partial charge < -0.3 is 5.32 Å². The number of rotatable bonds is 4. The van der Waals surface area contributed by atoms with Crippen molar-refractivity contribution in [3.63, 3.8) is 0 Å². The fraction of sp³-hybridized carbons (Fsp3) is 0.412. The van der Waals surface area contributed by atoms with Gasteiger partial charge in [-0.25, -0.2) is 0 Å². The third-order valence-corrected chi connectivity index (χ3v) is 2.81. The molecule has 0 aliphatic carbocycles. The van der Waals surface area contributed by atoms with E-state index >= 15 is 0 Å². The molecule has 0 saturated heterocycles. The molecule has 0 spiro atoms. The molecule has 0 unspecified atom stereocenters. The van der Waals surface area contributed by atoms with Crippen LogP contribution < -0.4 is 5.32 Å². The van der Waals surface area contributed by atoms with Crippen LogP contribution in [0, 0.1) is 0 Å². The van der Waals surface area contributed by atoms with Crippen molar-refractivity contribution >= 4 is 5.69 Å². The van der Waals surface area contributed by atoms with E-state index in [2.05, 4.69) is 75.5 Å². The third kappa shape index (κ3) is 4.40. The van der Waals surface area contributed by atoms with Gasteiger partial charge in [0.2, 0.25) is 0 Å². The van der Waals surface area contributed by atoms with E-state index < -0.39 is 0 Å². The van der Waals surface area contributed by atoms with E-state index in [1.807, 2.05) is 6.92 Å². The van der Waals surface area contributed by atoms with E-state index in [9.17, 15) is 0 Å². The lowest BCUT2D eigenvalue weighted by Crippen LogP contribution is -2.10. The van der Waals surface area contributed by atoms with Gasteiger partial charge in [0.25, 0.3) is 0 Å². The fourth-order valence-corrected chi connectivity index (χ4v) is 1.78. The van der Waals surface area contributed by atoms with Gasteiger partial charge in [-0.05, 0) is 42.5 Å². The van der Waals surface area contributed by atoms with Crippen LogP contribution >= 0.6 is 0 Å². The monoisotopic (exact) mass is 243 g/mol. The molecule has 1 aromatic carbocycles. The summed E-state index contributed by atoms with van der Waals surface area (Å²) >= 11 is 0. The molecule has 0 heterocycles. The molecule has 0 aliphatic heterocycles. The van der Waals surface area contributed by atoms with Gasteiger partial charge in [0.05, 0.1) is 0 Å². The molecule has 98 valence electrons. The predicted molar refractivity (Wildman–Crippen MR) is 82.0 cm³/mol. The highest BCUT2D eigenvalue weighted by Gasteiger charge is 2.12. The second kappa shape index (κ2) is 6.44. The van der Waals surface area contributed by atoms with Crippen LogP contribution in [0.1, 0.15) is 46.6 Å². The zero-order valence-electron chi connectivity index (χ0n) is 12.2. The summed E-state index contributed by atoms with van der Waals surface area (Å²) in [5.74, 6) is 0. The Labute approximate surface area is 112 Å². The minimum Gasteiger partial charge on any atom is -0.356 e. The SMILES string of the molecule is C/C=C\C(=C/CC)Nc1ccc(C(C)(C)C)cc1. The number of allylic oxidation sites excluding steroid dienone is 3. The summed E-state index contributed by atoms with van der Waals surface area (Å²) in [6.45, 7) is 10.9. The summed E-state index contributed by atoms with van der Waals surface area (Å²) in [4.78, 5) is 0. The summed E-state index contributed by atoms with van der Waals surface area (Å²) in [5, 5.41) is 3.43. The molecule has 0 atom stereocenters. The van der Waals surface area contributed by atoms with Gasteiger partial charge in [-0.15, -0.1) is 0 Å². The Bertz CT molecular complexity index is 416. The van der Waals surface area contributed by atoms with Crippen molar-refractivity contribution in [2.45, 2.75) is 46.5 Å². The van der Waals surface area contributed by atoms with Gasteiger partial charge in [0.15, 0.2) is 0 Å². The van der Waals surface area contributed by atoms with Crippen molar-refractivity contribution in [2.75, 3.05) is 5.32 Å². The largest absolute Gasteiger partial charge is 0.356 e. The van der Waals surface area contributed by atoms with E-state index in [-0.39, 0.29) is 5.41 Å². The molecule has 1 aromatic rings. The Kier molecular flexibility index (Phi) is 5.21. The predicted octanol–water partition coefficient (Wildman–Crippen LogP) is 5.27. The maximum Gasteiger partial charge on any atom is 0.0384 e. The number of hydrogen-bond donors (Lipinski definition) is 1. The molecule has 18 heavy (non-hydrogen) atoms. The lowest BCUT2D eigenvalue weighted by Gasteiger charge is -2.19. The van der Waals surface area contributed by atoms with Crippen LogP contribution in [0.25, 0.3) is 0 Å². The van der Waals surface area contributed by atoms with Crippen molar-refractivity contribution in [3.05, 3.63) is 53.8 Å². The first-order valence-electron chi connectivity index (χ1n) is 6.67. The molecule has 0 amide bonds. The second-order valence-corrected chi connectivity index (χ2v) is 5.52. The lowest BCUT2D eigenvalue weighted by molar-refractivity contribution is 0.590. The van der Waals surface area contributed by atoms with Gasteiger partial charge in [-0.1, -0.05) is 52.0 Å². The maximum atomic E-state index is 3.43. The highest BCUT2D eigenvalue weighted by Crippen LogP contribution is 2.24. The lowest BCUT2D eigenvalue weighted by atomic mass is 9.87. The Morgan fingerprint density at radius 1 is 1.17 bits per heavy atom. The quantitative estimate of drug-likeness (QED) is 0.711. The van der Waals surface area contributed by atoms with Gasteiger partial charge in [0, 0.05) is 11.4 Å². The van der Waals surface area contributed by atoms with Gasteiger partial charge in [-0.2, -0.15) is 0 Å². The maximum absolute atomic E-state index is 3.43. The van der Waals surface area contributed by atoms with Crippen LogP contribution in [0.4, 0.5) is 5.69 Å². The Morgan fingerprint density at radius 2 is 1.78 bits per heavy atom. The molecular weight excluding hydrogens is 218 g/mol. The number of benzene rings is 1. The number of nitrogens with one attached hydrogen (secondary N) is 1. The van der Waals surface area contributed by atoms with Crippen LogP contribution in [0.3, 0.4) is 0 Å². The number of hydrogen-bond acceptors (Lipinski definition) is 1. The third-order valence-electron chi connectivity index (χ3n) is 2.81. The van der Waals surface area contributed by atoms with E-state index in [4.69, 9.17) is 0 Å². The highest BCUT2D eigenvalue weighted by atomic mass is 14.9. The van der Waals surface area contributed by atoms with Gasteiger partial charge in [-0.3, -0.25) is 0 Å². The van der Waals surface area contributed by atoms with Crippen LogP contribution in [-0.2, 0) is 5.41 Å². The molecule has 1 rings (SSSR count). The fourth-order valence-electron chi connectivity index (χ4n) is 1.78. The normalized spacial score (nSPS) is 13.1. The summed E-state index contributed by atoms with van der Waals surface area (Å²) in [7, 11) is 0. The summed E-state index contributed by atoms with van der Waals surface area (Å²) in [5.41, 5.74) is 3.87. The van der Waals surface area contributed by atoms with E-state index in [1.165, 1.54) is 5.56 Å². The molecule has 0 fully saturated rings. The highest BCUT2D eigenvalue weighted by molar-refractivity contribution is 5.52. The zero-order chi connectivity index (χ0) is 13.6. The Morgan fingerprint density at radius 3 is 2.22 bits per heavy atom. The van der Waals surface area contributed by atoms with E-state index in [0.717, 1.165) is 17.8 Å². The minimum absolute atomic E-state index is 0.212. The minimum atomic E-state index is 0.212. The van der Waals surface area contributed by atoms with Crippen LogP contribution in [0.15, 0.2) is 48.2 Å². The van der Waals surface area contributed by atoms with Gasteiger partial charge in [0.1, 0.15) is 0 Å². The average molecular weight is 243 g/mol. The second-order valence-electron chi connectivity index (χ2n) is 5.52. The summed E-state index contributed by atoms with van der Waals surface area (Å²) in [6, 6.07) is 8.68. The average Bonchev–Trinajstić information content (AvgIpc) is 2.29. The van der Waals surface area contributed by atoms with E-state index in [1.54, 1.807) is 0 Å². The smallest absolute Gasteiger partial charge is 0.0384 e. The van der Waals surface area contributed by atoms with Crippen molar-refractivity contribution in [3.8, 4) is 0 Å². The molecule has 1 heteroatoms. The molecule has 0 radical (unpaired) electrons. The van der Waals surface area contributed by atoms with Crippen molar-refractivity contribution < 1.29 is 0 Å². The van der Waals surface area contributed by atoms with Crippen LogP contribution in [0.2, 0.25) is 0 Å². The van der Waals surface area contributed by atoms with Crippen molar-refractivity contribution in [2.24, 2.45) is 0 Å². The summed E-state index contributed by atoms with van der Waals surface area (Å²) < 4.78 is 0. The molecule has 1 nitrogen and oxygen atoms in total. The molecule has 1 N–H and O–H groups in total. The van der Waals surface area contributed by atoms with Crippen molar-refractivity contribution in [1.29, 1.82) is 0 Å². The standard InChI is InChI=1S/C17H25N/c1-6-8-15(9-7-2)18-16-12-10-14(11-13-16)17(3,4)5/h6,8-13,18H,7H2,1-5H3/b8-6-,15-9+. The summed E-state index contributed by atoms with van der Waals surface area (Å²) in [6.07, 6.45) is 7.38. The van der Waals surface area contributed by atoms with Gasteiger partial charge >= 0.3 is 0 Å². The van der Waals surface area contributed by atoms with Crippen LogP contribution in [0.5, 0.6) is 0 Å². The Balaban J connectivity index is 2.83. The first kappa shape index (κ1) is 14.6. The molecule has 0 aromatic heterocycles. The van der Waals surface area contributed by atoms with E-state index in [0.29, 0.717) is 0 Å². The molecule has 0 bridgehead atoms. The first-order valence-corrected chi connectivity index (χ1v) is 6.67. The number of anilines is 1. The first-order chi connectivity index (χ1) is 8.47.